The fraction of sp³-hybridized carbons (Fsp3) is 0.400. The normalized spacial score (nSPS) is 16.2. The van der Waals surface area contributed by atoms with Crippen LogP contribution in [0.4, 0.5) is 35.5 Å². The van der Waals surface area contributed by atoms with E-state index in [2.05, 4.69) is 21.2 Å². The fourth-order valence-electron chi connectivity index (χ4n) is 2.59. The van der Waals surface area contributed by atoms with Crippen LogP contribution in [-0.4, -0.2) is 36.1 Å². The van der Waals surface area contributed by atoms with E-state index in [9.17, 15) is 35.5 Å². The molecule has 5 N–H and O–H groups in total. The van der Waals surface area contributed by atoms with Gasteiger partial charge >= 0.3 is 18.4 Å². The molecule has 0 fully saturated rings. The molecule has 0 aliphatic carbocycles. The number of halogens is 7. The number of allylic oxidation sites excluding steroid dienone is 2. The molecule has 1 atom stereocenters. The van der Waals surface area contributed by atoms with Crippen LogP contribution in [-0.2, 0) is 12.4 Å². The van der Waals surface area contributed by atoms with Crippen molar-refractivity contribution in [2.45, 2.75) is 39.2 Å². The molecule has 1 amide bonds. The Labute approximate surface area is 196 Å². The number of carbonyl (C=O) groups excluding carboxylic acids is 1. The van der Waals surface area contributed by atoms with Crippen molar-refractivity contribution in [3.63, 3.8) is 0 Å². The number of carbonyl (C=O) groups is 1. The summed E-state index contributed by atoms with van der Waals surface area (Å²) in [5.74, 6) is -1.92. The number of hydrogen-bond acceptors (Lipinski definition) is 7. The van der Waals surface area contributed by atoms with Crippen LogP contribution in [0.5, 0.6) is 5.75 Å². The molecular weight excluding hydrogens is 489 g/mol. The predicted molar refractivity (Wildman–Crippen MR) is 114 cm³/mol. The quantitative estimate of drug-likeness (QED) is 0.344. The van der Waals surface area contributed by atoms with Crippen molar-refractivity contribution in [3.8, 4) is 5.75 Å². The number of nitrogens with two attached hydrogens (primary N) is 1. The molecule has 0 radical (unpaired) electrons. The van der Waals surface area contributed by atoms with Crippen molar-refractivity contribution in [2.75, 3.05) is 14.1 Å². The molecule has 8 nitrogen and oxygen atoms in total. The molecular formula is C20H25F7N6O2. The third kappa shape index (κ3) is 7.24. The second kappa shape index (κ2) is 11.8. The number of alkyl halides is 6. The smallest absolute Gasteiger partial charge is 0.407 e. The summed E-state index contributed by atoms with van der Waals surface area (Å²) in [5, 5.41) is 2.58. The summed E-state index contributed by atoms with van der Waals surface area (Å²) in [4.78, 5) is 16.5. The van der Waals surface area contributed by atoms with Crippen LogP contribution >= 0.6 is 0 Å². The van der Waals surface area contributed by atoms with Crippen LogP contribution in [0, 0.1) is 0 Å². The lowest BCUT2D eigenvalue weighted by Crippen LogP contribution is -2.41. The molecule has 0 bridgehead atoms. The lowest BCUT2D eigenvalue weighted by molar-refractivity contribution is -0.146. The third-order valence-electron chi connectivity index (χ3n) is 4.25. The van der Waals surface area contributed by atoms with Crippen LogP contribution in [0.2, 0.25) is 0 Å². The molecule has 15 heteroatoms. The van der Waals surface area contributed by atoms with Crippen LogP contribution < -0.4 is 26.6 Å². The number of hydrogen-bond donors (Lipinski definition) is 4. The first-order chi connectivity index (χ1) is 16.2. The number of nitrogens with one attached hydrogen (secondary N) is 3. The van der Waals surface area contributed by atoms with Gasteiger partial charge in [0, 0.05) is 20.3 Å². The van der Waals surface area contributed by atoms with Gasteiger partial charge in [-0.1, -0.05) is 13.8 Å². The molecule has 1 aromatic rings. The van der Waals surface area contributed by atoms with Gasteiger partial charge in [0.1, 0.15) is 28.6 Å². The zero-order valence-corrected chi connectivity index (χ0v) is 19.3. The highest BCUT2D eigenvalue weighted by molar-refractivity contribution is 5.77. The Balaban J connectivity index is 0.00000298. The average molecular weight is 514 g/mol. The Hall–Kier alpha value is -3.49. The summed E-state index contributed by atoms with van der Waals surface area (Å²) >= 11 is 0. The van der Waals surface area contributed by atoms with Crippen molar-refractivity contribution in [3.05, 3.63) is 53.0 Å². The molecule has 1 aromatic heterocycles. The standard InChI is InChI=1S/C18H19F7N6O2.C2H6/c1-8-10(19)4-5-13(28-8)31(3)16(32)33-15-9(17(20,21)22)6-12(18(23,24)25)29-14(15)11(7-26)30-27-2;1-2/h4-8,27-28,30H,26H2,1-3H3;1-2H3/b11-7-;. The zero-order valence-electron chi connectivity index (χ0n) is 19.3. The third-order valence-corrected chi connectivity index (χ3v) is 4.25. The van der Waals surface area contributed by atoms with Crippen LogP contribution in [0.15, 0.2) is 36.1 Å². The first-order valence-corrected chi connectivity index (χ1v) is 10.0. The van der Waals surface area contributed by atoms with E-state index >= 15 is 0 Å². The minimum atomic E-state index is -5.37. The summed E-state index contributed by atoms with van der Waals surface area (Å²) in [7, 11) is 2.36. The lowest BCUT2D eigenvalue weighted by atomic mass is 10.1. The predicted octanol–water partition coefficient (Wildman–Crippen LogP) is 4.24. The highest BCUT2D eigenvalue weighted by Gasteiger charge is 2.43. The second-order valence-electron chi connectivity index (χ2n) is 6.58. The number of aromatic nitrogens is 1. The van der Waals surface area contributed by atoms with E-state index in [4.69, 9.17) is 10.5 Å². The van der Waals surface area contributed by atoms with Crippen LogP contribution in [0.25, 0.3) is 5.70 Å². The summed E-state index contributed by atoms with van der Waals surface area (Å²) in [6.07, 6.45) is -9.25. The van der Waals surface area contributed by atoms with Crippen molar-refractivity contribution in [1.29, 1.82) is 0 Å². The fourth-order valence-corrected chi connectivity index (χ4v) is 2.59. The first-order valence-electron chi connectivity index (χ1n) is 10.0. The first kappa shape index (κ1) is 29.5. The monoisotopic (exact) mass is 514 g/mol. The van der Waals surface area contributed by atoms with E-state index in [1.54, 1.807) is 0 Å². The number of ether oxygens (including phenoxy) is 1. The molecule has 2 heterocycles. The number of dihydropyridines is 1. The maximum Gasteiger partial charge on any atom is 0.433 e. The lowest BCUT2D eigenvalue weighted by Gasteiger charge is -2.27. The van der Waals surface area contributed by atoms with Crippen molar-refractivity contribution >= 4 is 11.8 Å². The van der Waals surface area contributed by atoms with Crippen molar-refractivity contribution in [2.24, 2.45) is 5.73 Å². The van der Waals surface area contributed by atoms with Crippen LogP contribution in [0.1, 0.15) is 37.7 Å². The Morgan fingerprint density at radius 2 is 1.80 bits per heavy atom. The van der Waals surface area contributed by atoms with Gasteiger partial charge in [-0.25, -0.2) is 19.6 Å². The molecule has 0 saturated carbocycles. The topological polar surface area (TPSA) is 105 Å². The van der Waals surface area contributed by atoms with E-state index in [1.165, 1.54) is 14.0 Å². The molecule has 2 rings (SSSR count). The molecule has 0 saturated heterocycles. The van der Waals surface area contributed by atoms with Gasteiger partial charge in [0.15, 0.2) is 5.75 Å². The number of hydrazine groups is 1. The maximum absolute atomic E-state index is 13.7. The Bertz CT molecular complexity index is 1000. The van der Waals surface area contributed by atoms with Crippen molar-refractivity contribution in [1.82, 2.24) is 26.1 Å². The van der Waals surface area contributed by atoms with Gasteiger partial charge in [0.05, 0.1) is 11.7 Å². The van der Waals surface area contributed by atoms with E-state index < -0.39 is 58.7 Å². The van der Waals surface area contributed by atoms with Gasteiger partial charge in [-0.05, 0) is 25.1 Å². The van der Waals surface area contributed by atoms with Crippen LogP contribution in [0.3, 0.4) is 0 Å². The molecule has 0 aromatic carbocycles. The summed E-state index contributed by atoms with van der Waals surface area (Å²) in [6, 6.07) is -1.13. The highest BCUT2D eigenvalue weighted by Crippen LogP contribution is 2.42. The van der Waals surface area contributed by atoms with E-state index in [1.807, 2.05) is 13.8 Å². The van der Waals surface area contributed by atoms with Gasteiger partial charge < -0.3 is 21.2 Å². The summed E-state index contributed by atoms with van der Waals surface area (Å²) in [6.45, 7) is 5.42. The minimum Gasteiger partial charge on any atom is -0.407 e. The average Bonchev–Trinajstić information content (AvgIpc) is 2.78. The Morgan fingerprint density at radius 1 is 1.20 bits per heavy atom. The Kier molecular flexibility index (Phi) is 9.94. The molecule has 0 spiro atoms. The molecule has 1 unspecified atom stereocenters. The van der Waals surface area contributed by atoms with E-state index in [-0.39, 0.29) is 11.9 Å². The Morgan fingerprint density at radius 3 is 2.26 bits per heavy atom. The van der Waals surface area contributed by atoms with Gasteiger partial charge in [-0.15, -0.1) is 0 Å². The number of amides is 1. The van der Waals surface area contributed by atoms with Gasteiger partial charge in [0.2, 0.25) is 0 Å². The molecule has 1 aliphatic rings. The minimum absolute atomic E-state index is 0.0354. The summed E-state index contributed by atoms with van der Waals surface area (Å²) < 4.78 is 99.1. The number of pyridine rings is 1. The van der Waals surface area contributed by atoms with Gasteiger partial charge in [-0.2, -0.15) is 26.3 Å². The highest BCUT2D eigenvalue weighted by atomic mass is 19.4. The van der Waals surface area contributed by atoms with E-state index in [0.29, 0.717) is 11.1 Å². The SMILES string of the molecule is CC.CNN/C(=C\N)c1nc(C(F)(F)F)cc(C(F)(F)F)c1OC(=O)N(C)C1=CC=C(F)C(C)N1. The number of nitrogens with zero attached hydrogens (tertiary/aromatic N) is 2. The second-order valence-corrected chi connectivity index (χ2v) is 6.58. The van der Waals surface area contributed by atoms with Gasteiger partial charge in [0.25, 0.3) is 0 Å². The number of rotatable bonds is 5. The molecule has 1 aliphatic heterocycles. The maximum atomic E-state index is 13.7. The molecule has 35 heavy (non-hydrogen) atoms. The summed E-state index contributed by atoms with van der Waals surface area (Å²) in [5.41, 5.74) is 4.49. The largest absolute Gasteiger partial charge is 0.433 e. The van der Waals surface area contributed by atoms with E-state index in [0.717, 1.165) is 19.2 Å². The van der Waals surface area contributed by atoms with Crippen molar-refractivity contribution < 1.29 is 40.3 Å². The van der Waals surface area contributed by atoms with Gasteiger partial charge in [-0.3, -0.25) is 4.90 Å². The zero-order chi connectivity index (χ0) is 27.1. The molecule has 196 valence electrons.